The summed E-state index contributed by atoms with van der Waals surface area (Å²) in [4.78, 5) is 32.4. The summed E-state index contributed by atoms with van der Waals surface area (Å²) >= 11 is 1.31. The summed E-state index contributed by atoms with van der Waals surface area (Å²) in [5, 5.41) is 2.15. The Kier molecular flexibility index (Phi) is 7.65. The molecule has 0 unspecified atom stereocenters. The highest BCUT2D eigenvalue weighted by Crippen LogP contribution is 2.36. The second-order valence-corrected chi connectivity index (χ2v) is 9.95. The normalized spacial score (nSPS) is 15.2. The lowest BCUT2D eigenvalue weighted by Gasteiger charge is -2.25. The molecule has 0 saturated heterocycles. The van der Waals surface area contributed by atoms with Crippen LogP contribution >= 0.6 is 11.3 Å². The monoisotopic (exact) mass is 542 g/mol. The van der Waals surface area contributed by atoms with Crippen molar-refractivity contribution >= 4 is 34.2 Å². The van der Waals surface area contributed by atoms with E-state index in [0.717, 1.165) is 16.3 Å². The van der Waals surface area contributed by atoms with Gasteiger partial charge in [0.05, 0.1) is 41.7 Å². The molecule has 4 aromatic rings. The number of rotatable bonds is 8. The molecular formula is C31H30N2O5S. The molecule has 0 saturated carbocycles. The number of hydrogen-bond acceptors (Lipinski definition) is 7. The number of esters is 1. The maximum absolute atomic E-state index is 14.0. The molecule has 0 N–H and O–H groups in total. The minimum Gasteiger partial charge on any atom is -0.490 e. The molecule has 0 aliphatic carbocycles. The molecule has 8 heteroatoms. The van der Waals surface area contributed by atoms with Gasteiger partial charge in [-0.3, -0.25) is 9.36 Å². The zero-order chi connectivity index (χ0) is 27.5. The number of fused-ring (bicyclic) bond motifs is 2. The molecule has 7 nitrogen and oxygen atoms in total. The van der Waals surface area contributed by atoms with Crippen molar-refractivity contribution in [3.05, 3.63) is 103 Å². The highest BCUT2D eigenvalue weighted by atomic mass is 32.1. The standard InChI is InChI=1S/C31H30N2O5S/c1-5-36-24-16-15-22(17-25(24)37-6-2)28-27(30(35)38-7-3)19(4)32-31-33(28)29(34)26(39-31)18-21-13-10-12-20-11-8-9-14-23(20)21/h8-18,28H,5-7H2,1-4H3/b26-18-/t28-/m1/s1. The van der Waals surface area contributed by atoms with Crippen molar-refractivity contribution in [2.45, 2.75) is 33.7 Å². The van der Waals surface area contributed by atoms with E-state index in [-0.39, 0.29) is 12.2 Å². The molecule has 0 bridgehead atoms. The van der Waals surface area contributed by atoms with Crippen LogP contribution in [0, 0.1) is 0 Å². The van der Waals surface area contributed by atoms with Gasteiger partial charge in [-0.25, -0.2) is 9.79 Å². The van der Waals surface area contributed by atoms with E-state index in [2.05, 4.69) is 4.99 Å². The summed E-state index contributed by atoms with van der Waals surface area (Å²) in [6.45, 7) is 8.47. The Labute approximate surface area is 230 Å². The van der Waals surface area contributed by atoms with Crippen LogP contribution in [0.1, 0.15) is 44.9 Å². The lowest BCUT2D eigenvalue weighted by atomic mass is 9.95. The molecule has 0 amide bonds. The maximum atomic E-state index is 14.0. The second kappa shape index (κ2) is 11.3. The average molecular weight is 543 g/mol. The van der Waals surface area contributed by atoms with Crippen molar-refractivity contribution in [2.75, 3.05) is 19.8 Å². The van der Waals surface area contributed by atoms with E-state index in [1.807, 2.05) is 80.6 Å². The molecule has 1 aliphatic rings. The van der Waals surface area contributed by atoms with Gasteiger partial charge in [-0.15, -0.1) is 0 Å². The molecule has 39 heavy (non-hydrogen) atoms. The SMILES string of the molecule is CCOC(=O)C1=C(C)N=c2s/c(=C\c3cccc4ccccc34)c(=O)n2[C@@H]1c1ccc(OCC)c(OCC)c1. The van der Waals surface area contributed by atoms with Gasteiger partial charge >= 0.3 is 5.97 Å². The zero-order valence-corrected chi connectivity index (χ0v) is 23.2. The predicted molar refractivity (Wildman–Crippen MR) is 153 cm³/mol. The number of nitrogens with zero attached hydrogens (tertiary/aromatic N) is 2. The molecular weight excluding hydrogens is 512 g/mol. The Hall–Kier alpha value is -4.17. The molecule has 5 rings (SSSR count). The molecule has 1 aromatic heterocycles. The first-order chi connectivity index (χ1) is 19.0. The van der Waals surface area contributed by atoms with Crippen molar-refractivity contribution in [1.29, 1.82) is 0 Å². The molecule has 1 atom stereocenters. The van der Waals surface area contributed by atoms with E-state index < -0.39 is 12.0 Å². The Balaban J connectivity index is 1.74. The Morgan fingerprint density at radius 2 is 1.72 bits per heavy atom. The Bertz CT molecular complexity index is 1760. The number of hydrogen-bond donors (Lipinski definition) is 0. The van der Waals surface area contributed by atoms with Gasteiger partial charge in [-0.1, -0.05) is 59.9 Å². The van der Waals surface area contributed by atoms with E-state index in [9.17, 15) is 9.59 Å². The van der Waals surface area contributed by atoms with Crippen LogP contribution < -0.4 is 24.4 Å². The predicted octanol–water partition coefficient (Wildman–Crippen LogP) is 4.75. The largest absolute Gasteiger partial charge is 0.490 e. The Morgan fingerprint density at radius 1 is 0.974 bits per heavy atom. The minimum absolute atomic E-state index is 0.210. The summed E-state index contributed by atoms with van der Waals surface area (Å²) in [5.41, 5.74) is 2.27. The topological polar surface area (TPSA) is 79.1 Å². The van der Waals surface area contributed by atoms with Gasteiger partial charge < -0.3 is 14.2 Å². The van der Waals surface area contributed by atoms with E-state index in [4.69, 9.17) is 14.2 Å². The lowest BCUT2D eigenvalue weighted by molar-refractivity contribution is -0.139. The van der Waals surface area contributed by atoms with Crippen molar-refractivity contribution in [1.82, 2.24) is 4.57 Å². The fourth-order valence-corrected chi connectivity index (χ4v) is 5.90. The van der Waals surface area contributed by atoms with E-state index in [1.54, 1.807) is 18.4 Å². The number of allylic oxidation sites excluding steroid dienone is 1. The zero-order valence-electron chi connectivity index (χ0n) is 22.4. The van der Waals surface area contributed by atoms with Crippen LogP contribution in [0.15, 0.2) is 81.7 Å². The van der Waals surface area contributed by atoms with Crippen LogP contribution in [0.3, 0.4) is 0 Å². The molecule has 3 aromatic carbocycles. The first kappa shape index (κ1) is 26.4. The number of ether oxygens (including phenoxy) is 3. The van der Waals surface area contributed by atoms with Crippen LogP contribution in [0.25, 0.3) is 16.8 Å². The fourth-order valence-electron chi connectivity index (χ4n) is 4.86. The van der Waals surface area contributed by atoms with Crippen molar-refractivity contribution in [3.63, 3.8) is 0 Å². The number of aromatic nitrogens is 1. The molecule has 0 spiro atoms. The van der Waals surface area contributed by atoms with Crippen molar-refractivity contribution < 1.29 is 19.0 Å². The highest BCUT2D eigenvalue weighted by molar-refractivity contribution is 7.07. The highest BCUT2D eigenvalue weighted by Gasteiger charge is 2.34. The smallest absolute Gasteiger partial charge is 0.338 e. The molecule has 2 heterocycles. The van der Waals surface area contributed by atoms with Gasteiger partial charge in [0.1, 0.15) is 0 Å². The van der Waals surface area contributed by atoms with E-state index in [1.165, 1.54) is 11.3 Å². The number of carbonyl (C=O) groups is 1. The van der Waals surface area contributed by atoms with Crippen LogP contribution in [0.2, 0.25) is 0 Å². The molecule has 0 fully saturated rings. The molecule has 0 radical (unpaired) electrons. The van der Waals surface area contributed by atoms with Gasteiger partial charge in [-0.2, -0.15) is 0 Å². The van der Waals surface area contributed by atoms with E-state index >= 15 is 0 Å². The lowest BCUT2D eigenvalue weighted by Crippen LogP contribution is -2.40. The summed E-state index contributed by atoms with van der Waals surface area (Å²) in [6.07, 6.45) is 1.90. The summed E-state index contributed by atoms with van der Waals surface area (Å²) in [5.74, 6) is 0.649. The molecule has 200 valence electrons. The number of carbonyl (C=O) groups excluding carboxylic acids is 1. The van der Waals surface area contributed by atoms with Crippen molar-refractivity contribution in [3.8, 4) is 11.5 Å². The molecule has 1 aliphatic heterocycles. The third kappa shape index (κ3) is 5.00. The second-order valence-electron chi connectivity index (χ2n) is 8.94. The Morgan fingerprint density at radius 3 is 2.49 bits per heavy atom. The maximum Gasteiger partial charge on any atom is 0.338 e. The van der Waals surface area contributed by atoms with E-state index in [0.29, 0.717) is 50.9 Å². The minimum atomic E-state index is -0.732. The average Bonchev–Trinajstić information content (AvgIpc) is 3.23. The third-order valence-electron chi connectivity index (χ3n) is 6.51. The number of thiazole rings is 1. The van der Waals surface area contributed by atoms with Gasteiger partial charge in [-0.05, 0) is 67.8 Å². The van der Waals surface area contributed by atoms with Gasteiger partial charge in [0.2, 0.25) is 0 Å². The third-order valence-corrected chi connectivity index (χ3v) is 7.49. The first-order valence-electron chi connectivity index (χ1n) is 13.0. The van der Waals surface area contributed by atoms with Gasteiger partial charge in [0, 0.05) is 0 Å². The summed E-state index contributed by atoms with van der Waals surface area (Å²) < 4.78 is 19.1. The number of benzene rings is 3. The van der Waals surface area contributed by atoms with Crippen LogP contribution in [-0.2, 0) is 9.53 Å². The van der Waals surface area contributed by atoms with Crippen LogP contribution in [0.4, 0.5) is 0 Å². The van der Waals surface area contributed by atoms with Gasteiger partial charge in [0.15, 0.2) is 16.3 Å². The van der Waals surface area contributed by atoms with Gasteiger partial charge in [0.25, 0.3) is 5.56 Å². The summed E-state index contributed by atoms with van der Waals surface area (Å²) in [6, 6.07) is 18.9. The summed E-state index contributed by atoms with van der Waals surface area (Å²) in [7, 11) is 0. The van der Waals surface area contributed by atoms with Crippen LogP contribution in [0.5, 0.6) is 11.5 Å². The van der Waals surface area contributed by atoms with Crippen LogP contribution in [-0.4, -0.2) is 30.4 Å². The first-order valence-corrected chi connectivity index (χ1v) is 13.8. The quantitative estimate of drug-likeness (QED) is 0.300. The van der Waals surface area contributed by atoms with Crippen molar-refractivity contribution in [2.24, 2.45) is 4.99 Å². The fraction of sp³-hybridized carbons (Fsp3) is 0.258.